The Morgan fingerprint density at radius 1 is 1.37 bits per heavy atom. The molecular formula is C24H29ClN2O3. The van der Waals surface area contributed by atoms with Crippen molar-refractivity contribution in [2.45, 2.75) is 65.1 Å². The van der Waals surface area contributed by atoms with E-state index in [2.05, 4.69) is 30.6 Å². The predicted molar refractivity (Wildman–Crippen MR) is 119 cm³/mol. The summed E-state index contributed by atoms with van der Waals surface area (Å²) in [6, 6.07) is 0. The Morgan fingerprint density at radius 2 is 2.03 bits per heavy atom. The molecule has 0 bridgehead atoms. The number of carboxylic acid groups (broad SMARTS) is 1. The summed E-state index contributed by atoms with van der Waals surface area (Å²) in [5.74, 6) is -0.745. The van der Waals surface area contributed by atoms with Crippen LogP contribution in [0.1, 0.15) is 61.4 Å². The zero-order valence-corrected chi connectivity index (χ0v) is 19.4. The van der Waals surface area contributed by atoms with Crippen LogP contribution < -0.4 is 0 Å². The first-order chi connectivity index (χ1) is 13.9. The molecule has 2 aliphatic carbocycles. The molecule has 0 radical (unpaired) electrons. The van der Waals surface area contributed by atoms with E-state index in [0.29, 0.717) is 11.3 Å². The van der Waals surface area contributed by atoms with E-state index in [4.69, 9.17) is 21.3 Å². The van der Waals surface area contributed by atoms with E-state index in [1.807, 2.05) is 40.8 Å². The Kier molecular flexibility index (Phi) is 4.72. The predicted octanol–water partition coefficient (Wildman–Crippen LogP) is 5.39. The number of aliphatic carboxylic acids is 1. The fourth-order valence-electron chi connectivity index (χ4n) is 4.83. The van der Waals surface area contributed by atoms with Crippen molar-refractivity contribution < 1.29 is 14.6 Å². The molecule has 1 N–H and O–H groups in total. The van der Waals surface area contributed by atoms with E-state index in [9.17, 15) is 9.90 Å². The molecule has 2 aliphatic rings. The standard InChI is InChI=1S/C24H29ClN2O3/c1-12-14(3)27(7)21-17(12)19(24-9-8-16(25)10-15(24)11-24)18(13(2)26-21)20(22(28)29)30-23(4,5)6/h8-10,15,20H,11H2,1-7H3,(H,28,29)/t15-,20?,24?/m1/s1. The zero-order valence-electron chi connectivity index (χ0n) is 18.6. The number of aryl methyl sites for hydroxylation is 3. The summed E-state index contributed by atoms with van der Waals surface area (Å²) in [5.41, 5.74) is 4.66. The molecule has 4 rings (SSSR count). The van der Waals surface area contributed by atoms with Crippen molar-refractivity contribution in [1.29, 1.82) is 0 Å². The van der Waals surface area contributed by atoms with Gasteiger partial charge in [-0.25, -0.2) is 9.78 Å². The van der Waals surface area contributed by atoms with Crippen LogP contribution in [0.15, 0.2) is 23.3 Å². The monoisotopic (exact) mass is 428 g/mol. The minimum absolute atomic E-state index is 0.253. The Bertz CT molecular complexity index is 1140. The molecule has 1 saturated carbocycles. The molecule has 3 atom stereocenters. The lowest BCUT2D eigenvalue weighted by Gasteiger charge is -2.30. The molecule has 1 fully saturated rings. The van der Waals surface area contributed by atoms with E-state index < -0.39 is 17.7 Å². The number of halogens is 1. The lowest BCUT2D eigenvalue weighted by atomic mass is 9.82. The number of allylic oxidation sites excluding steroid dienone is 4. The maximum absolute atomic E-state index is 12.4. The highest BCUT2D eigenvalue weighted by molar-refractivity contribution is 6.31. The third-order valence-corrected chi connectivity index (χ3v) is 6.78. The Labute approximate surface area is 182 Å². The van der Waals surface area contributed by atoms with Crippen LogP contribution in [0.4, 0.5) is 0 Å². The maximum Gasteiger partial charge on any atom is 0.337 e. The minimum atomic E-state index is -1.10. The van der Waals surface area contributed by atoms with Crippen LogP contribution in [-0.2, 0) is 22.0 Å². The molecular weight excluding hydrogens is 400 g/mol. The normalized spacial score (nSPS) is 24.0. The molecule has 2 aromatic heterocycles. The quantitative estimate of drug-likeness (QED) is 0.709. The van der Waals surface area contributed by atoms with Crippen LogP contribution in [0.3, 0.4) is 0 Å². The highest BCUT2D eigenvalue weighted by Gasteiger charge is 2.56. The third kappa shape index (κ3) is 3.10. The van der Waals surface area contributed by atoms with Crippen molar-refractivity contribution in [2.24, 2.45) is 13.0 Å². The maximum atomic E-state index is 12.4. The van der Waals surface area contributed by atoms with Crippen LogP contribution >= 0.6 is 11.6 Å². The average molecular weight is 429 g/mol. The van der Waals surface area contributed by atoms with Gasteiger partial charge in [0.25, 0.3) is 0 Å². The van der Waals surface area contributed by atoms with Crippen LogP contribution in [-0.4, -0.2) is 26.2 Å². The van der Waals surface area contributed by atoms with Gasteiger partial charge in [0.2, 0.25) is 0 Å². The van der Waals surface area contributed by atoms with Crippen LogP contribution in [0.2, 0.25) is 0 Å². The molecule has 5 nitrogen and oxygen atoms in total. The number of pyridine rings is 1. The zero-order chi connectivity index (χ0) is 22.2. The van der Waals surface area contributed by atoms with E-state index in [0.717, 1.165) is 39.3 Å². The molecule has 0 aromatic carbocycles. The van der Waals surface area contributed by atoms with Gasteiger partial charge in [0, 0.05) is 39.8 Å². The first kappa shape index (κ1) is 21.1. The van der Waals surface area contributed by atoms with Gasteiger partial charge in [-0.2, -0.15) is 0 Å². The lowest BCUT2D eigenvalue weighted by molar-refractivity contribution is -0.160. The van der Waals surface area contributed by atoms with Crippen molar-refractivity contribution in [2.75, 3.05) is 0 Å². The largest absolute Gasteiger partial charge is 0.479 e. The van der Waals surface area contributed by atoms with E-state index in [1.165, 1.54) is 0 Å². The molecule has 30 heavy (non-hydrogen) atoms. The Morgan fingerprint density at radius 3 is 2.60 bits per heavy atom. The number of fused-ring (bicyclic) bond motifs is 2. The summed E-state index contributed by atoms with van der Waals surface area (Å²) in [4.78, 5) is 17.3. The summed E-state index contributed by atoms with van der Waals surface area (Å²) in [5, 5.41) is 11.9. The molecule has 6 heteroatoms. The van der Waals surface area contributed by atoms with Crippen molar-refractivity contribution >= 4 is 28.6 Å². The highest BCUT2D eigenvalue weighted by Crippen LogP contribution is 2.62. The smallest absolute Gasteiger partial charge is 0.337 e. The summed E-state index contributed by atoms with van der Waals surface area (Å²) in [6.45, 7) is 11.7. The van der Waals surface area contributed by atoms with Gasteiger partial charge in [-0.3, -0.25) is 0 Å². The van der Waals surface area contributed by atoms with E-state index >= 15 is 0 Å². The van der Waals surface area contributed by atoms with Gasteiger partial charge in [0.1, 0.15) is 5.65 Å². The topological polar surface area (TPSA) is 64.4 Å². The second-order valence-electron chi connectivity index (χ2n) is 9.64. The summed E-state index contributed by atoms with van der Waals surface area (Å²) < 4.78 is 8.19. The Hall–Kier alpha value is -2.11. The van der Waals surface area contributed by atoms with Crippen LogP contribution in [0.25, 0.3) is 11.0 Å². The van der Waals surface area contributed by atoms with Crippen molar-refractivity contribution in [3.8, 4) is 0 Å². The van der Waals surface area contributed by atoms with Gasteiger partial charge in [0.15, 0.2) is 6.10 Å². The second-order valence-corrected chi connectivity index (χ2v) is 10.1. The minimum Gasteiger partial charge on any atom is -0.479 e. The second kappa shape index (κ2) is 6.69. The fourth-order valence-corrected chi connectivity index (χ4v) is 5.05. The molecule has 0 amide bonds. The lowest BCUT2D eigenvalue weighted by Crippen LogP contribution is -2.30. The van der Waals surface area contributed by atoms with Crippen molar-refractivity contribution in [1.82, 2.24) is 9.55 Å². The summed E-state index contributed by atoms with van der Waals surface area (Å²) >= 11 is 6.28. The number of nitrogens with zero attached hydrogens (tertiary/aromatic N) is 2. The van der Waals surface area contributed by atoms with Gasteiger partial charge in [-0.15, -0.1) is 0 Å². The molecule has 0 spiro atoms. The van der Waals surface area contributed by atoms with Gasteiger partial charge in [-0.05, 0) is 71.1 Å². The number of aromatic nitrogens is 2. The van der Waals surface area contributed by atoms with Crippen LogP contribution in [0.5, 0.6) is 0 Å². The molecule has 0 aliphatic heterocycles. The van der Waals surface area contributed by atoms with Crippen LogP contribution in [0, 0.1) is 26.7 Å². The van der Waals surface area contributed by atoms with E-state index in [1.54, 1.807) is 0 Å². The highest BCUT2D eigenvalue weighted by atomic mass is 35.5. The Balaban J connectivity index is 2.09. The first-order valence-electron chi connectivity index (χ1n) is 10.3. The average Bonchev–Trinajstić information content (AvgIpc) is 3.32. The van der Waals surface area contributed by atoms with E-state index in [-0.39, 0.29) is 11.3 Å². The number of ether oxygens (including phenoxy) is 1. The van der Waals surface area contributed by atoms with Gasteiger partial charge in [-0.1, -0.05) is 23.8 Å². The number of rotatable bonds is 4. The molecule has 0 saturated heterocycles. The molecule has 160 valence electrons. The van der Waals surface area contributed by atoms with Gasteiger partial charge < -0.3 is 14.4 Å². The molecule has 2 heterocycles. The van der Waals surface area contributed by atoms with Crippen molar-refractivity contribution in [3.05, 3.63) is 51.3 Å². The number of hydrogen-bond donors (Lipinski definition) is 1. The molecule has 2 unspecified atom stereocenters. The van der Waals surface area contributed by atoms with Gasteiger partial charge in [0.05, 0.1) is 5.60 Å². The first-order valence-corrected chi connectivity index (χ1v) is 10.7. The fraction of sp³-hybridized carbons (Fsp3) is 0.500. The van der Waals surface area contributed by atoms with Gasteiger partial charge >= 0.3 is 5.97 Å². The third-order valence-electron chi connectivity index (χ3n) is 6.53. The number of carbonyl (C=O) groups is 1. The SMILES string of the molecule is Cc1nc2c(c(C)c(C)n2C)c(C23C=CC(Cl)=C[C@@H]2C3)c1C(OC(C)(C)C)C(=O)O. The number of carboxylic acids is 1. The summed E-state index contributed by atoms with van der Waals surface area (Å²) in [6.07, 6.45) is 5.97. The van der Waals surface area contributed by atoms with Crippen molar-refractivity contribution in [3.63, 3.8) is 0 Å². The number of hydrogen-bond acceptors (Lipinski definition) is 3. The summed E-state index contributed by atoms with van der Waals surface area (Å²) in [7, 11) is 2.01. The molecule has 2 aromatic rings.